The van der Waals surface area contributed by atoms with E-state index in [4.69, 9.17) is 4.74 Å². The van der Waals surface area contributed by atoms with Crippen molar-refractivity contribution in [3.05, 3.63) is 29.3 Å². The van der Waals surface area contributed by atoms with Crippen LogP contribution in [0, 0.1) is 0 Å². The largest absolute Gasteiger partial charge is 0.497 e. The molecule has 1 N–H and O–H groups in total. The fourth-order valence-corrected chi connectivity index (χ4v) is 3.31. The van der Waals surface area contributed by atoms with E-state index in [0.29, 0.717) is 6.04 Å². The molecule has 0 amide bonds. The number of ether oxygens (including phenoxy) is 1. The molecule has 0 aliphatic carbocycles. The van der Waals surface area contributed by atoms with E-state index < -0.39 is 0 Å². The Labute approximate surface area is 130 Å². The second kappa shape index (κ2) is 9.09. The highest BCUT2D eigenvalue weighted by atomic mass is 16.5. The highest BCUT2D eigenvalue weighted by Gasteiger charge is 2.19. The molecule has 0 fully saturated rings. The Hall–Kier alpha value is -1.02. The third-order valence-electron chi connectivity index (χ3n) is 4.61. The maximum Gasteiger partial charge on any atom is 0.119 e. The minimum atomic E-state index is 0.527. The second-order valence-corrected chi connectivity index (χ2v) is 6.23. The zero-order valence-corrected chi connectivity index (χ0v) is 13.8. The lowest BCUT2D eigenvalue weighted by atomic mass is 9.90. The zero-order chi connectivity index (χ0) is 14.9. The van der Waals surface area contributed by atoms with Gasteiger partial charge in [-0.05, 0) is 42.6 Å². The molecule has 0 radical (unpaired) electrons. The van der Waals surface area contributed by atoms with Gasteiger partial charge in [0.05, 0.1) is 7.11 Å². The Morgan fingerprint density at radius 1 is 1.10 bits per heavy atom. The van der Waals surface area contributed by atoms with E-state index in [2.05, 4.69) is 30.4 Å². The Balaban J connectivity index is 1.77. The molecule has 1 heterocycles. The van der Waals surface area contributed by atoms with Gasteiger partial charge < -0.3 is 10.1 Å². The van der Waals surface area contributed by atoms with Gasteiger partial charge in [0.1, 0.15) is 5.75 Å². The summed E-state index contributed by atoms with van der Waals surface area (Å²) in [7, 11) is 1.75. The van der Waals surface area contributed by atoms with Crippen LogP contribution < -0.4 is 10.1 Å². The van der Waals surface area contributed by atoms with Crippen molar-refractivity contribution in [3.8, 4) is 5.75 Å². The second-order valence-electron chi connectivity index (χ2n) is 6.23. The Morgan fingerprint density at radius 3 is 2.62 bits per heavy atom. The van der Waals surface area contributed by atoms with Crippen LogP contribution in [-0.4, -0.2) is 13.7 Å². The molecule has 1 aromatic carbocycles. The summed E-state index contributed by atoms with van der Waals surface area (Å²) in [6.45, 7) is 3.39. The van der Waals surface area contributed by atoms with Gasteiger partial charge in [0.25, 0.3) is 0 Å². The van der Waals surface area contributed by atoms with Crippen LogP contribution in [0.1, 0.15) is 75.5 Å². The molecule has 2 heteroatoms. The van der Waals surface area contributed by atoms with Gasteiger partial charge >= 0.3 is 0 Å². The van der Waals surface area contributed by atoms with Crippen LogP contribution in [0.2, 0.25) is 0 Å². The SMILES string of the molecule is CCCCCCCCCC1NCCc2ccc(OC)cc21. The van der Waals surface area contributed by atoms with Crippen LogP contribution >= 0.6 is 0 Å². The third kappa shape index (κ3) is 5.03. The molecular weight excluding hydrogens is 258 g/mol. The number of hydrogen-bond donors (Lipinski definition) is 1. The molecule has 1 aliphatic rings. The van der Waals surface area contributed by atoms with E-state index in [1.165, 1.54) is 62.5 Å². The summed E-state index contributed by atoms with van der Waals surface area (Å²) in [5.41, 5.74) is 2.97. The van der Waals surface area contributed by atoms with Gasteiger partial charge in [-0.2, -0.15) is 0 Å². The molecule has 1 aromatic rings. The van der Waals surface area contributed by atoms with Crippen molar-refractivity contribution >= 4 is 0 Å². The number of methoxy groups -OCH3 is 1. The molecule has 118 valence electrons. The average molecular weight is 289 g/mol. The molecule has 0 aromatic heterocycles. The molecule has 2 nitrogen and oxygen atoms in total. The van der Waals surface area contributed by atoms with Crippen molar-refractivity contribution < 1.29 is 4.74 Å². The standard InChI is InChI=1S/C19H31NO/c1-3-4-5-6-7-8-9-10-19-18-15-17(21-2)12-11-16(18)13-14-20-19/h11-12,15,19-20H,3-10,13-14H2,1-2H3. The van der Waals surface area contributed by atoms with Crippen molar-refractivity contribution in [1.82, 2.24) is 5.32 Å². The number of fused-ring (bicyclic) bond motifs is 1. The van der Waals surface area contributed by atoms with Crippen LogP contribution in [0.15, 0.2) is 18.2 Å². The molecule has 2 rings (SSSR count). The van der Waals surface area contributed by atoms with Gasteiger partial charge in [-0.15, -0.1) is 0 Å². The van der Waals surface area contributed by atoms with Crippen molar-refractivity contribution in [2.45, 2.75) is 70.8 Å². The lowest BCUT2D eigenvalue weighted by Crippen LogP contribution is -2.29. The van der Waals surface area contributed by atoms with E-state index in [-0.39, 0.29) is 0 Å². The smallest absolute Gasteiger partial charge is 0.119 e. The Bertz CT molecular complexity index is 416. The van der Waals surface area contributed by atoms with Crippen molar-refractivity contribution in [3.63, 3.8) is 0 Å². The molecule has 1 unspecified atom stereocenters. The summed E-state index contributed by atoms with van der Waals surface area (Å²) < 4.78 is 5.38. The monoisotopic (exact) mass is 289 g/mol. The predicted molar refractivity (Wildman–Crippen MR) is 90.1 cm³/mol. The molecule has 0 spiro atoms. The van der Waals surface area contributed by atoms with Crippen molar-refractivity contribution in [2.24, 2.45) is 0 Å². The normalized spacial score (nSPS) is 17.5. The Morgan fingerprint density at radius 2 is 1.86 bits per heavy atom. The van der Waals surface area contributed by atoms with Gasteiger partial charge in [-0.3, -0.25) is 0 Å². The molecule has 1 aliphatic heterocycles. The van der Waals surface area contributed by atoms with Crippen LogP contribution in [-0.2, 0) is 6.42 Å². The first kappa shape index (κ1) is 16.4. The first-order valence-corrected chi connectivity index (χ1v) is 8.75. The van der Waals surface area contributed by atoms with E-state index >= 15 is 0 Å². The van der Waals surface area contributed by atoms with Gasteiger partial charge in [0.2, 0.25) is 0 Å². The van der Waals surface area contributed by atoms with Crippen LogP contribution in [0.3, 0.4) is 0 Å². The van der Waals surface area contributed by atoms with Gasteiger partial charge in [0.15, 0.2) is 0 Å². The Kier molecular flexibility index (Phi) is 7.08. The minimum absolute atomic E-state index is 0.527. The van der Waals surface area contributed by atoms with Gasteiger partial charge in [-0.1, -0.05) is 57.9 Å². The maximum atomic E-state index is 5.38. The number of rotatable bonds is 9. The first-order chi connectivity index (χ1) is 10.3. The van der Waals surface area contributed by atoms with Crippen LogP contribution in [0.4, 0.5) is 0 Å². The van der Waals surface area contributed by atoms with Crippen molar-refractivity contribution in [1.29, 1.82) is 0 Å². The summed E-state index contributed by atoms with van der Waals surface area (Å²) in [6, 6.07) is 7.09. The number of benzene rings is 1. The third-order valence-corrected chi connectivity index (χ3v) is 4.61. The summed E-state index contributed by atoms with van der Waals surface area (Å²) in [5.74, 6) is 0.988. The minimum Gasteiger partial charge on any atom is -0.497 e. The first-order valence-electron chi connectivity index (χ1n) is 8.75. The maximum absolute atomic E-state index is 5.38. The topological polar surface area (TPSA) is 21.3 Å². The quantitative estimate of drug-likeness (QED) is 0.644. The number of unbranched alkanes of at least 4 members (excludes halogenated alkanes) is 6. The van der Waals surface area contributed by atoms with Gasteiger partial charge in [0, 0.05) is 6.04 Å². The number of hydrogen-bond acceptors (Lipinski definition) is 2. The van der Waals surface area contributed by atoms with Crippen LogP contribution in [0.25, 0.3) is 0 Å². The highest BCUT2D eigenvalue weighted by molar-refractivity contribution is 5.39. The van der Waals surface area contributed by atoms with E-state index in [0.717, 1.165) is 18.7 Å². The lowest BCUT2D eigenvalue weighted by molar-refractivity contribution is 0.408. The average Bonchev–Trinajstić information content (AvgIpc) is 2.53. The fourth-order valence-electron chi connectivity index (χ4n) is 3.31. The van der Waals surface area contributed by atoms with Gasteiger partial charge in [-0.25, -0.2) is 0 Å². The number of nitrogens with one attached hydrogen (secondary N) is 1. The van der Waals surface area contributed by atoms with E-state index in [1.807, 2.05) is 0 Å². The molecule has 0 bridgehead atoms. The zero-order valence-electron chi connectivity index (χ0n) is 13.8. The molecule has 0 saturated carbocycles. The summed E-state index contributed by atoms with van der Waals surface area (Å²) in [5, 5.41) is 3.68. The van der Waals surface area contributed by atoms with E-state index in [1.54, 1.807) is 7.11 Å². The molecule has 1 atom stereocenters. The fraction of sp³-hybridized carbons (Fsp3) is 0.684. The summed E-state index contributed by atoms with van der Waals surface area (Å²) >= 11 is 0. The summed E-state index contributed by atoms with van der Waals surface area (Å²) in [6.07, 6.45) is 12.1. The lowest BCUT2D eigenvalue weighted by Gasteiger charge is -2.27. The highest BCUT2D eigenvalue weighted by Crippen LogP contribution is 2.30. The molecule has 0 saturated heterocycles. The molecular formula is C19H31NO. The van der Waals surface area contributed by atoms with E-state index in [9.17, 15) is 0 Å². The van der Waals surface area contributed by atoms with Crippen LogP contribution in [0.5, 0.6) is 5.75 Å². The summed E-state index contributed by atoms with van der Waals surface area (Å²) in [4.78, 5) is 0. The van der Waals surface area contributed by atoms with Crippen molar-refractivity contribution in [2.75, 3.05) is 13.7 Å². The predicted octanol–water partition coefficient (Wildman–Crippen LogP) is 5.02. The molecule has 21 heavy (non-hydrogen) atoms.